The molecule has 0 aromatic heterocycles. The molecule has 0 bridgehead atoms. The predicted molar refractivity (Wildman–Crippen MR) is 113 cm³/mol. The number of guanidine groups is 1. The Kier molecular flexibility index (Phi) is 8.42. The Morgan fingerprint density at radius 2 is 2.04 bits per heavy atom. The minimum atomic E-state index is -0.0398. The molecule has 5 heteroatoms. The van der Waals surface area contributed by atoms with E-state index in [0.717, 1.165) is 57.4 Å². The van der Waals surface area contributed by atoms with Crippen molar-refractivity contribution in [3.05, 3.63) is 29.3 Å². The van der Waals surface area contributed by atoms with Crippen molar-refractivity contribution in [2.75, 3.05) is 47.0 Å². The topological polar surface area (TPSA) is 46.1 Å². The Morgan fingerprint density at radius 1 is 1.30 bits per heavy atom. The molecule has 1 N–H and O–H groups in total. The van der Waals surface area contributed by atoms with Gasteiger partial charge < -0.3 is 19.7 Å². The van der Waals surface area contributed by atoms with Gasteiger partial charge >= 0.3 is 0 Å². The number of methoxy groups -OCH3 is 1. The number of unbranched alkanes of at least 4 members (excludes halogenated alkanes) is 1. The summed E-state index contributed by atoms with van der Waals surface area (Å²) < 4.78 is 11.4. The van der Waals surface area contributed by atoms with E-state index in [4.69, 9.17) is 14.5 Å². The first kappa shape index (κ1) is 21.5. The second-order valence-electron chi connectivity index (χ2n) is 7.54. The SMILES string of the molecule is CCCCN(C)C(=NCC1(c2cc(C)ccc2OC)CCOCC1)NCC. The van der Waals surface area contributed by atoms with E-state index >= 15 is 0 Å². The Bertz CT molecular complexity index is 610. The zero-order chi connectivity index (χ0) is 19.7. The van der Waals surface area contributed by atoms with Crippen LogP contribution in [0.4, 0.5) is 0 Å². The quantitative estimate of drug-likeness (QED) is 0.555. The van der Waals surface area contributed by atoms with E-state index in [1.54, 1.807) is 7.11 Å². The number of aliphatic imine (C=N–C) groups is 1. The van der Waals surface area contributed by atoms with Crippen LogP contribution in [0.3, 0.4) is 0 Å². The molecule has 0 amide bonds. The van der Waals surface area contributed by atoms with Crippen LogP contribution in [-0.2, 0) is 10.2 Å². The fourth-order valence-electron chi connectivity index (χ4n) is 3.71. The molecule has 0 spiro atoms. The van der Waals surface area contributed by atoms with Gasteiger partial charge in [-0.1, -0.05) is 31.0 Å². The summed E-state index contributed by atoms with van der Waals surface area (Å²) in [6.07, 6.45) is 4.29. The molecule has 0 aliphatic carbocycles. The van der Waals surface area contributed by atoms with Crippen molar-refractivity contribution in [2.24, 2.45) is 4.99 Å². The largest absolute Gasteiger partial charge is 0.496 e. The summed E-state index contributed by atoms with van der Waals surface area (Å²) in [5.74, 6) is 1.95. The van der Waals surface area contributed by atoms with Crippen LogP contribution in [-0.4, -0.2) is 57.9 Å². The van der Waals surface area contributed by atoms with Gasteiger partial charge in [0.25, 0.3) is 0 Å². The second kappa shape index (κ2) is 10.5. The molecule has 152 valence electrons. The highest BCUT2D eigenvalue weighted by atomic mass is 16.5. The molecule has 1 fully saturated rings. The molecule has 0 saturated carbocycles. The highest BCUT2D eigenvalue weighted by molar-refractivity contribution is 5.79. The lowest BCUT2D eigenvalue weighted by Crippen LogP contribution is -2.42. The number of hydrogen-bond donors (Lipinski definition) is 1. The molecule has 27 heavy (non-hydrogen) atoms. The van der Waals surface area contributed by atoms with Crippen molar-refractivity contribution in [3.8, 4) is 5.75 Å². The number of hydrogen-bond acceptors (Lipinski definition) is 3. The first-order valence-electron chi connectivity index (χ1n) is 10.3. The van der Waals surface area contributed by atoms with Crippen molar-refractivity contribution in [2.45, 2.75) is 51.9 Å². The van der Waals surface area contributed by atoms with Crippen LogP contribution in [0.15, 0.2) is 23.2 Å². The molecule has 5 nitrogen and oxygen atoms in total. The minimum absolute atomic E-state index is 0.0398. The highest BCUT2D eigenvalue weighted by Crippen LogP contribution is 2.40. The maximum absolute atomic E-state index is 5.72. The zero-order valence-corrected chi connectivity index (χ0v) is 17.8. The number of ether oxygens (including phenoxy) is 2. The molecule has 0 unspecified atom stereocenters. The molecule has 1 heterocycles. The summed E-state index contributed by atoms with van der Waals surface area (Å²) in [4.78, 5) is 7.31. The lowest BCUT2D eigenvalue weighted by Gasteiger charge is -2.38. The van der Waals surface area contributed by atoms with Gasteiger partial charge in [-0.3, -0.25) is 4.99 Å². The Morgan fingerprint density at radius 3 is 2.67 bits per heavy atom. The van der Waals surface area contributed by atoms with Crippen LogP contribution in [0, 0.1) is 6.92 Å². The lowest BCUT2D eigenvalue weighted by atomic mass is 9.73. The molecule has 1 aromatic rings. The Labute approximate surface area is 165 Å². The third-order valence-electron chi connectivity index (χ3n) is 5.45. The van der Waals surface area contributed by atoms with Crippen molar-refractivity contribution in [1.82, 2.24) is 10.2 Å². The minimum Gasteiger partial charge on any atom is -0.496 e. The number of aryl methyl sites for hydroxylation is 1. The maximum Gasteiger partial charge on any atom is 0.193 e. The van der Waals surface area contributed by atoms with E-state index in [0.29, 0.717) is 0 Å². The van der Waals surface area contributed by atoms with Gasteiger partial charge in [0.05, 0.1) is 13.7 Å². The highest BCUT2D eigenvalue weighted by Gasteiger charge is 2.37. The number of rotatable bonds is 8. The summed E-state index contributed by atoms with van der Waals surface area (Å²) >= 11 is 0. The van der Waals surface area contributed by atoms with E-state index < -0.39 is 0 Å². The summed E-state index contributed by atoms with van der Waals surface area (Å²) in [6.45, 7) is 10.7. The van der Waals surface area contributed by atoms with E-state index in [1.807, 2.05) is 0 Å². The standard InChI is InChI=1S/C22H37N3O2/c1-6-8-13-25(4)21(23-7-2)24-17-22(11-14-27-15-12-22)19-16-18(3)9-10-20(19)26-5/h9-10,16H,6-8,11-15,17H2,1-5H3,(H,23,24). The summed E-state index contributed by atoms with van der Waals surface area (Å²) in [7, 11) is 3.88. The van der Waals surface area contributed by atoms with Gasteiger partial charge in [-0.25, -0.2) is 0 Å². The molecule has 2 rings (SSSR count). The van der Waals surface area contributed by atoms with Crippen LogP contribution in [0.1, 0.15) is 50.7 Å². The fraction of sp³-hybridized carbons (Fsp3) is 0.682. The zero-order valence-electron chi connectivity index (χ0n) is 17.8. The molecular formula is C22H37N3O2. The van der Waals surface area contributed by atoms with Crippen LogP contribution < -0.4 is 10.1 Å². The van der Waals surface area contributed by atoms with Gasteiger partial charge in [0.1, 0.15) is 5.75 Å². The summed E-state index contributed by atoms with van der Waals surface area (Å²) in [6, 6.07) is 6.47. The normalized spacial score (nSPS) is 16.9. The third-order valence-corrected chi connectivity index (χ3v) is 5.45. The first-order chi connectivity index (χ1) is 13.1. The Hall–Kier alpha value is -1.75. The monoisotopic (exact) mass is 375 g/mol. The molecule has 1 aromatic carbocycles. The van der Waals surface area contributed by atoms with E-state index in [9.17, 15) is 0 Å². The van der Waals surface area contributed by atoms with E-state index in [2.05, 4.69) is 56.2 Å². The van der Waals surface area contributed by atoms with Crippen LogP contribution >= 0.6 is 0 Å². The lowest BCUT2D eigenvalue weighted by molar-refractivity contribution is 0.0522. The number of nitrogens with zero attached hydrogens (tertiary/aromatic N) is 2. The van der Waals surface area contributed by atoms with Crippen molar-refractivity contribution in [3.63, 3.8) is 0 Å². The fourth-order valence-corrected chi connectivity index (χ4v) is 3.71. The molecule has 1 aliphatic heterocycles. The average Bonchev–Trinajstić information content (AvgIpc) is 2.70. The van der Waals surface area contributed by atoms with Crippen LogP contribution in [0.2, 0.25) is 0 Å². The molecular weight excluding hydrogens is 338 g/mol. The first-order valence-corrected chi connectivity index (χ1v) is 10.3. The second-order valence-corrected chi connectivity index (χ2v) is 7.54. The summed E-state index contributed by atoms with van der Waals surface area (Å²) in [5.41, 5.74) is 2.48. The molecule has 1 aliphatic rings. The van der Waals surface area contributed by atoms with Crippen LogP contribution in [0.5, 0.6) is 5.75 Å². The maximum atomic E-state index is 5.72. The van der Waals surface area contributed by atoms with Gasteiger partial charge in [0, 0.05) is 44.3 Å². The Balaban J connectivity index is 2.34. The van der Waals surface area contributed by atoms with Gasteiger partial charge in [0.15, 0.2) is 5.96 Å². The molecule has 1 saturated heterocycles. The number of nitrogens with one attached hydrogen (secondary N) is 1. The van der Waals surface area contributed by atoms with Gasteiger partial charge in [-0.15, -0.1) is 0 Å². The van der Waals surface area contributed by atoms with Gasteiger partial charge in [-0.05, 0) is 39.2 Å². The third kappa shape index (κ3) is 5.61. The van der Waals surface area contributed by atoms with Crippen molar-refractivity contribution >= 4 is 5.96 Å². The van der Waals surface area contributed by atoms with E-state index in [1.165, 1.54) is 24.0 Å². The smallest absolute Gasteiger partial charge is 0.193 e. The molecule has 0 radical (unpaired) electrons. The molecule has 0 atom stereocenters. The van der Waals surface area contributed by atoms with E-state index in [-0.39, 0.29) is 5.41 Å². The van der Waals surface area contributed by atoms with Crippen molar-refractivity contribution in [1.29, 1.82) is 0 Å². The predicted octanol–water partition coefficient (Wildman–Crippen LogP) is 3.75. The van der Waals surface area contributed by atoms with Gasteiger partial charge in [0.2, 0.25) is 0 Å². The van der Waals surface area contributed by atoms with Gasteiger partial charge in [-0.2, -0.15) is 0 Å². The van der Waals surface area contributed by atoms with Crippen LogP contribution in [0.25, 0.3) is 0 Å². The summed E-state index contributed by atoms with van der Waals surface area (Å²) in [5, 5.41) is 3.45. The number of benzene rings is 1. The average molecular weight is 376 g/mol. The van der Waals surface area contributed by atoms with Crippen molar-refractivity contribution < 1.29 is 9.47 Å².